The summed E-state index contributed by atoms with van der Waals surface area (Å²) in [5, 5.41) is 10.8. The SMILES string of the molecule is CC(=O)c1ccc(Oc2cc(Br)cc([N+](=O)[O-])c2)c(F)c1. The van der Waals surface area contributed by atoms with Crippen molar-refractivity contribution in [1.82, 2.24) is 0 Å². The Balaban J connectivity index is 2.34. The number of nitro groups is 1. The number of nitrogens with zero attached hydrogens (tertiary/aromatic N) is 1. The molecule has 0 aliphatic rings. The van der Waals surface area contributed by atoms with Gasteiger partial charge in [-0.1, -0.05) is 15.9 Å². The summed E-state index contributed by atoms with van der Waals surface area (Å²) in [6.45, 7) is 1.33. The molecule has 0 unspecified atom stereocenters. The van der Waals surface area contributed by atoms with Crippen molar-refractivity contribution in [3.8, 4) is 11.5 Å². The lowest BCUT2D eigenvalue weighted by atomic mass is 10.1. The lowest BCUT2D eigenvalue weighted by Crippen LogP contribution is -1.96. The largest absolute Gasteiger partial charge is 0.454 e. The quantitative estimate of drug-likeness (QED) is 0.461. The Hall–Kier alpha value is -2.28. The Morgan fingerprint density at radius 1 is 1.29 bits per heavy atom. The Labute approximate surface area is 127 Å². The van der Waals surface area contributed by atoms with Crippen LogP contribution in [0, 0.1) is 15.9 Å². The molecule has 0 saturated heterocycles. The molecule has 21 heavy (non-hydrogen) atoms. The van der Waals surface area contributed by atoms with Crippen LogP contribution in [0.4, 0.5) is 10.1 Å². The van der Waals surface area contributed by atoms with Gasteiger partial charge >= 0.3 is 0 Å². The van der Waals surface area contributed by atoms with Gasteiger partial charge in [-0.2, -0.15) is 0 Å². The van der Waals surface area contributed by atoms with E-state index in [0.29, 0.717) is 4.47 Å². The van der Waals surface area contributed by atoms with Crippen LogP contribution in [0.5, 0.6) is 11.5 Å². The molecule has 0 N–H and O–H groups in total. The second kappa shape index (κ2) is 6.01. The fraction of sp³-hybridized carbons (Fsp3) is 0.0714. The fourth-order valence-electron chi connectivity index (χ4n) is 1.64. The first-order valence-electron chi connectivity index (χ1n) is 5.80. The number of ketones is 1. The molecule has 2 rings (SSSR count). The molecule has 0 fully saturated rings. The number of nitro benzene ring substituents is 1. The number of non-ortho nitro benzene ring substituents is 1. The molecule has 0 atom stereocenters. The van der Waals surface area contributed by atoms with Gasteiger partial charge in [0.25, 0.3) is 5.69 Å². The first-order valence-corrected chi connectivity index (χ1v) is 6.59. The van der Waals surface area contributed by atoms with Crippen LogP contribution >= 0.6 is 15.9 Å². The lowest BCUT2D eigenvalue weighted by molar-refractivity contribution is -0.385. The molecule has 0 bridgehead atoms. The maximum atomic E-state index is 13.8. The molecule has 0 aliphatic carbocycles. The van der Waals surface area contributed by atoms with Gasteiger partial charge < -0.3 is 4.74 Å². The highest BCUT2D eigenvalue weighted by atomic mass is 79.9. The maximum Gasteiger partial charge on any atom is 0.274 e. The number of benzene rings is 2. The van der Waals surface area contributed by atoms with Crippen LogP contribution in [0.3, 0.4) is 0 Å². The number of Topliss-reactive ketones (excluding diaryl/α,β-unsaturated/α-hetero) is 1. The van der Waals surface area contributed by atoms with Crippen LogP contribution in [-0.2, 0) is 0 Å². The minimum atomic E-state index is -0.717. The minimum absolute atomic E-state index is 0.116. The van der Waals surface area contributed by atoms with Crippen molar-refractivity contribution < 1.29 is 18.8 Å². The van der Waals surface area contributed by atoms with Crippen LogP contribution in [0.1, 0.15) is 17.3 Å². The summed E-state index contributed by atoms with van der Waals surface area (Å²) in [7, 11) is 0. The van der Waals surface area contributed by atoms with Gasteiger partial charge in [0, 0.05) is 16.1 Å². The second-order valence-electron chi connectivity index (χ2n) is 4.21. The van der Waals surface area contributed by atoms with E-state index in [9.17, 15) is 19.3 Å². The molecule has 0 aromatic heterocycles. The van der Waals surface area contributed by atoms with Crippen molar-refractivity contribution in [3.05, 3.63) is 62.4 Å². The molecule has 0 saturated carbocycles. The Morgan fingerprint density at radius 3 is 2.57 bits per heavy atom. The molecule has 0 heterocycles. The average molecular weight is 354 g/mol. The van der Waals surface area contributed by atoms with Crippen molar-refractivity contribution in [3.63, 3.8) is 0 Å². The third-order valence-corrected chi connectivity index (χ3v) is 3.09. The number of hydrogen-bond donors (Lipinski definition) is 0. The van der Waals surface area contributed by atoms with Crippen LogP contribution in [0.2, 0.25) is 0 Å². The van der Waals surface area contributed by atoms with E-state index < -0.39 is 10.7 Å². The van der Waals surface area contributed by atoms with Gasteiger partial charge in [0.1, 0.15) is 5.75 Å². The fourth-order valence-corrected chi connectivity index (χ4v) is 2.10. The van der Waals surface area contributed by atoms with Crippen molar-refractivity contribution in [1.29, 1.82) is 0 Å². The van der Waals surface area contributed by atoms with Gasteiger partial charge in [-0.25, -0.2) is 4.39 Å². The smallest absolute Gasteiger partial charge is 0.274 e. The number of ether oxygens (including phenoxy) is 1. The van der Waals surface area contributed by atoms with E-state index in [1.54, 1.807) is 0 Å². The Kier molecular flexibility index (Phi) is 4.32. The molecule has 0 radical (unpaired) electrons. The topological polar surface area (TPSA) is 69.4 Å². The molecule has 108 valence electrons. The molecule has 0 amide bonds. The average Bonchev–Trinajstić information content (AvgIpc) is 2.40. The predicted molar refractivity (Wildman–Crippen MR) is 77.3 cm³/mol. The molecule has 0 aliphatic heterocycles. The van der Waals surface area contributed by atoms with Crippen molar-refractivity contribution in [2.75, 3.05) is 0 Å². The Bertz CT molecular complexity index is 733. The zero-order valence-corrected chi connectivity index (χ0v) is 12.4. The third kappa shape index (κ3) is 3.63. The van der Waals surface area contributed by atoms with Gasteiger partial charge in [0.15, 0.2) is 17.3 Å². The van der Waals surface area contributed by atoms with E-state index in [4.69, 9.17) is 4.74 Å². The van der Waals surface area contributed by atoms with E-state index in [-0.39, 0.29) is 28.5 Å². The zero-order valence-electron chi connectivity index (χ0n) is 10.8. The molecule has 7 heteroatoms. The van der Waals surface area contributed by atoms with Crippen molar-refractivity contribution in [2.45, 2.75) is 6.92 Å². The van der Waals surface area contributed by atoms with Gasteiger partial charge in [-0.05, 0) is 31.2 Å². The van der Waals surface area contributed by atoms with Gasteiger partial charge in [0.05, 0.1) is 11.0 Å². The minimum Gasteiger partial charge on any atom is -0.454 e. The molecule has 5 nitrogen and oxygen atoms in total. The molecule has 2 aromatic rings. The van der Waals surface area contributed by atoms with Gasteiger partial charge in [-0.3, -0.25) is 14.9 Å². The van der Waals surface area contributed by atoms with E-state index in [1.165, 1.54) is 37.3 Å². The summed E-state index contributed by atoms with van der Waals surface area (Å²) in [6, 6.07) is 7.76. The van der Waals surface area contributed by atoms with Crippen LogP contribution in [0.15, 0.2) is 40.9 Å². The number of carbonyl (C=O) groups excluding carboxylic acids is 1. The van der Waals surface area contributed by atoms with Crippen molar-refractivity contribution in [2.24, 2.45) is 0 Å². The zero-order chi connectivity index (χ0) is 15.6. The van der Waals surface area contributed by atoms with Gasteiger partial charge in [0.2, 0.25) is 0 Å². The van der Waals surface area contributed by atoms with E-state index >= 15 is 0 Å². The summed E-state index contributed by atoms with van der Waals surface area (Å²) in [5.74, 6) is -0.984. The molecule has 2 aromatic carbocycles. The first-order chi connectivity index (χ1) is 9.86. The number of carbonyl (C=O) groups is 1. The normalized spacial score (nSPS) is 10.2. The van der Waals surface area contributed by atoms with E-state index in [2.05, 4.69) is 15.9 Å². The molecular formula is C14H9BrFNO4. The third-order valence-electron chi connectivity index (χ3n) is 2.63. The number of halogens is 2. The summed E-state index contributed by atoms with van der Waals surface area (Å²) < 4.78 is 19.6. The molecular weight excluding hydrogens is 345 g/mol. The number of rotatable bonds is 4. The highest BCUT2D eigenvalue weighted by molar-refractivity contribution is 9.10. The lowest BCUT2D eigenvalue weighted by Gasteiger charge is -2.08. The first kappa shape index (κ1) is 15.1. The monoisotopic (exact) mass is 353 g/mol. The van der Waals surface area contributed by atoms with Crippen LogP contribution in [0.25, 0.3) is 0 Å². The number of hydrogen-bond acceptors (Lipinski definition) is 4. The van der Waals surface area contributed by atoms with Crippen LogP contribution in [-0.4, -0.2) is 10.7 Å². The van der Waals surface area contributed by atoms with Crippen LogP contribution < -0.4 is 4.74 Å². The van der Waals surface area contributed by atoms with E-state index in [0.717, 1.165) is 6.07 Å². The summed E-state index contributed by atoms with van der Waals surface area (Å²) in [6.07, 6.45) is 0. The predicted octanol–water partition coefficient (Wildman–Crippen LogP) is 4.49. The second-order valence-corrected chi connectivity index (χ2v) is 5.12. The maximum absolute atomic E-state index is 13.8. The summed E-state index contributed by atoms with van der Waals surface area (Å²) in [5.41, 5.74) is 0.0419. The standard InChI is InChI=1S/C14H9BrFNO4/c1-8(18)9-2-3-14(13(16)4-9)21-12-6-10(15)5-11(7-12)17(19)20/h2-7H,1H3. The summed E-state index contributed by atoms with van der Waals surface area (Å²) >= 11 is 3.12. The Morgan fingerprint density at radius 2 is 2.00 bits per heavy atom. The molecule has 0 spiro atoms. The van der Waals surface area contributed by atoms with E-state index in [1.807, 2.05) is 0 Å². The van der Waals surface area contributed by atoms with Gasteiger partial charge in [-0.15, -0.1) is 0 Å². The summed E-state index contributed by atoms with van der Waals surface area (Å²) in [4.78, 5) is 21.3. The highest BCUT2D eigenvalue weighted by Crippen LogP contribution is 2.31. The van der Waals surface area contributed by atoms with Crippen molar-refractivity contribution >= 4 is 27.4 Å². The highest BCUT2D eigenvalue weighted by Gasteiger charge is 2.13.